The summed E-state index contributed by atoms with van der Waals surface area (Å²) in [4.78, 5) is 3.14. The molecule has 0 aromatic heterocycles. The minimum Gasteiger partial charge on any atom is -0.390 e. The predicted molar refractivity (Wildman–Crippen MR) is 192 cm³/mol. The first-order valence-electron chi connectivity index (χ1n) is 18.2. The number of aliphatic hydroxyl groups is 1. The lowest BCUT2D eigenvalue weighted by Crippen LogP contribution is -2.54. The fraction of sp³-hybridized carbons (Fsp3) is 1.00. The van der Waals surface area contributed by atoms with Gasteiger partial charge in [0.2, 0.25) is 0 Å². The molecule has 0 aliphatic carbocycles. The lowest BCUT2D eigenvalue weighted by Gasteiger charge is -2.52. The van der Waals surface area contributed by atoms with Crippen molar-refractivity contribution in [2.45, 2.75) is 185 Å². The highest BCUT2D eigenvalue weighted by Gasteiger charge is 2.50. The highest BCUT2D eigenvalue weighted by atomic mass is 16.5. The Balaban J connectivity index is 6.15. The minimum atomic E-state index is -0.795. The van der Waals surface area contributed by atoms with Gasteiger partial charge < -0.3 is 19.3 Å². The van der Waals surface area contributed by atoms with E-state index < -0.39 is 11.2 Å². The van der Waals surface area contributed by atoms with E-state index in [9.17, 15) is 10.6 Å². The summed E-state index contributed by atoms with van der Waals surface area (Å²) >= 11 is 0. The molecule has 0 radical (unpaired) electrons. The van der Waals surface area contributed by atoms with Gasteiger partial charge in [0.25, 0.3) is 0 Å². The van der Waals surface area contributed by atoms with Crippen LogP contribution in [0, 0.1) is 34.0 Å². The van der Waals surface area contributed by atoms with Crippen molar-refractivity contribution in [3.8, 4) is 0 Å². The Hall–Kier alpha value is -0.850. The van der Waals surface area contributed by atoms with E-state index in [4.69, 9.17) is 14.2 Å². The number of ether oxygens (including phenoxy) is 3. The third kappa shape index (κ3) is 9.84. The van der Waals surface area contributed by atoms with Gasteiger partial charge >= 0.3 is 0 Å². The first-order chi connectivity index (χ1) is 20.6. The van der Waals surface area contributed by atoms with Crippen molar-refractivity contribution in [1.82, 2.24) is 0 Å². The number of azide groups is 1. The fourth-order valence-corrected chi connectivity index (χ4v) is 7.20. The topological polar surface area (TPSA) is 96.7 Å². The van der Waals surface area contributed by atoms with Gasteiger partial charge in [-0.15, -0.1) is 0 Å². The highest BCUT2D eigenvalue weighted by molar-refractivity contribution is 5.00. The van der Waals surface area contributed by atoms with E-state index >= 15 is 0 Å². The van der Waals surface area contributed by atoms with Crippen LogP contribution in [0.4, 0.5) is 0 Å². The van der Waals surface area contributed by atoms with Crippen LogP contribution < -0.4 is 0 Å². The van der Waals surface area contributed by atoms with Crippen molar-refractivity contribution < 1.29 is 19.3 Å². The molecule has 0 aliphatic rings. The summed E-state index contributed by atoms with van der Waals surface area (Å²) in [5.41, 5.74) is 6.83. The van der Waals surface area contributed by atoms with Gasteiger partial charge in [-0.25, -0.2) is 0 Å². The molecule has 268 valence electrons. The van der Waals surface area contributed by atoms with Crippen LogP contribution in [0.25, 0.3) is 10.4 Å². The van der Waals surface area contributed by atoms with Gasteiger partial charge in [0.15, 0.2) is 0 Å². The van der Waals surface area contributed by atoms with Gasteiger partial charge in [-0.2, -0.15) is 0 Å². The molecule has 7 heteroatoms. The first-order valence-corrected chi connectivity index (χ1v) is 18.2. The van der Waals surface area contributed by atoms with E-state index in [1.807, 2.05) is 13.8 Å². The lowest BCUT2D eigenvalue weighted by molar-refractivity contribution is -0.187. The molecular formula is C38H77N3O4. The average molecular weight is 640 g/mol. The molecule has 0 spiro atoms. The van der Waals surface area contributed by atoms with Crippen LogP contribution in [0.3, 0.4) is 0 Å². The molecule has 8 unspecified atom stereocenters. The zero-order chi connectivity index (χ0) is 35.5. The van der Waals surface area contributed by atoms with Crippen molar-refractivity contribution in [3.05, 3.63) is 10.4 Å². The van der Waals surface area contributed by atoms with E-state index in [0.717, 1.165) is 44.9 Å². The van der Waals surface area contributed by atoms with Gasteiger partial charge in [0.05, 0.1) is 35.6 Å². The summed E-state index contributed by atoms with van der Waals surface area (Å²) in [5, 5.41) is 15.1. The third-order valence-corrected chi connectivity index (χ3v) is 14.1. The Morgan fingerprint density at radius 3 is 1.58 bits per heavy atom. The van der Waals surface area contributed by atoms with Gasteiger partial charge in [0.1, 0.15) is 0 Å². The van der Waals surface area contributed by atoms with Crippen LogP contribution >= 0.6 is 0 Å². The predicted octanol–water partition coefficient (Wildman–Crippen LogP) is 11.2. The number of rotatable bonds is 24. The quantitative estimate of drug-likeness (QED) is 0.0645. The smallest absolute Gasteiger partial charge is 0.0708 e. The van der Waals surface area contributed by atoms with Gasteiger partial charge in [-0.1, -0.05) is 88.2 Å². The van der Waals surface area contributed by atoms with Crippen molar-refractivity contribution in [2.24, 2.45) is 39.1 Å². The second-order valence-corrected chi connectivity index (χ2v) is 16.2. The van der Waals surface area contributed by atoms with E-state index in [1.165, 1.54) is 0 Å². The number of hydrogen-bond acceptors (Lipinski definition) is 5. The van der Waals surface area contributed by atoms with Gasteiger partial charge in [-0.3, -0.25) is 0 Å². The van der Waals surface area contributed by atoms with Crippen molar-refractivity contribution in [2.75, 3.05) is 26.4 Å². The van der Waals surface area contributed by atoms with Gasteiger partial charge in [-0.05, 0) is 108 Å². The molecule has 0 saturated carbocycles. The number of hydrogen-bond donors (Lipinski definition) is 1. The first kappa shape index (κ1) is 44.1. The zero-order valence-corrected chi connectivity index (χ0v) is 33.0. The van der Waals surface area contributed by atoms with E-state index in [-0.39, 0.29) is 39.3 Å². The summed E-state index contributed by atoms with van der Waals surface area (Å²) in [6.45, 7) is 39.3. The molecule has 0 aliphatic heterocycles. The molecule has 45 heavy (non-hydrogen) atoms. The van der Waals surface area contributed by atoms with E-state index in [2.05, 4.69) is 114 Å². The van der Waals surface area contributed by atoms with Crippen molar-refractivity contribution in [1.29, 1.82) is 0 Å². The Morgan fingerprint density at radius 1 is 0.667 bits per heavy atom. The largest absolute Gasteiger partial charge is 0.390 e. The SMILES string of the molecule is CCC(C)(OCC(CN=[N+]=[N-])C(C)(CC)C(C)(CC)OCCC(C)(CC)C(C)(CC)OCC(C)C(C)(CC)C(C)(C)O)C(C)C. The van der Waals surface area contributed by atoms with Crippen LogP contribution in [-0.4, -0.2) is 53.9 Å². The van der Waals surface area contributed by atoms with E-state index in [1.54, 1.807) is 0 Å². The maximum absolute atomic E-state index is 11.0. The number of nitrogens with zero attached hydrogens (tertiary/aromatic N) is 3. The highest BCUT2D eigenvalue weighted by Crippen LogP contribution is 2.49. The molecule has 0 bridgehead atoms. The maximum Gasteiger partial charge on any atom is 0.0708 e. The second-order valence-electron chi connectivity index (χ2n) is 16.2. The van der Waals surface area contributed by atoms with Crippen molar-refractivity contribution >= 4 is 0 Å². The Morgan fingerprint density at radius 2 is 1.20 bits per heavy atom. The van der Waals surface area contributed by atoms with Crippen LogP contribution in [0.15, 0.2) is 5.11 Å². The zero-order valence-electron chi connectivity index (χ0n) is 33.0. The summed E-state index contributed by atoms with van der Waals surface area (Å²) in [6, 6.07) is 0. The molecule has 0 heterocycles. The Kier molecular flexibility index (Phi) is 17.2. The summed E-state index contributed by atoms with van der Waals surface area (Å²) in [5.74, 6) is 0.583. The molecule has 0 amide bonds. The molecule has 1 N–H and O–H groups in total. The molecule has 7 nitrogen and oxygen atoms in total. The Bertz CT molecular complexity index is 917. The molecular weight excluding hydrogens is 562 g/mol. The van der Waals surface area contributed by atoms with Crippen LogP contribution in [0.1, 0.15) is 163 Å². The molecule has 0 fully saturated rings. The lowest BCUT2D eigenvalue weighted by atomic mass is 9.62. The van der Waals surface area contributed by atoms with Crippen molar-refractivity contribution in [3.63, 3.8) is 0 Å². The normalized spacial score (nSPS) is 22.1. The molecule has 0 aromatic rings. The summed E-state index contributed by atoms with van der Waals surface area (Å²) in [6.07, 6.45) is 6.26. The Labute approximate surface area is 280 Å². The van der Waals surface area contributed by atoms with E-state index in [0.29, 0.717) is 32.3 Å². The molecule has 0 rings (SSSR count). The molecule has 0 aromatic carbocycles. The summed E-state index contributed by atoms with van der Waals surface area (Å²) in [7, 11) is 0. The maximum atomic E-state index is 11.0. The van der Waals surface area contributed by atoms with Crippen LogP contribution in [0.2, 0.25) is 0 Å². The summed E-state index contributed by atoms with van der Waals surface area (Å²) < 4.78 is 20.5. The second kappa shape index (κ2) is 17.5. The molecule has 8 atom stereocenters. The average Bonchev–Trinajstić information content (AvgIpc) is 3.01. The molecule has 0 saturated heterocycles. The van der Waals surface area contributed by atoms with Gasteiger partial charge in [0, 0.05) is 28.9 Å². The standard InChI is InChI=1S/C38H77N3O4/c1-18-33(12,37(16,22-5)45-27-30(9)34(13,19-2)32(10,11)42)24-25-43-38(17,23-6)35(14,20-3)31(26-40-41-39)28-44-36(15,21-4)29(7)8/h29-31,42H,18-28H2,1-17H3. The van der Waals surface area contributed by atoms with Crippen LogP contribution in [0.5, 0.6) is 0 Å². The fourth-order valence-electron chi connectivity index (χ4n) is 7.20. The third-order valence-electron chi connectivity index (χ3n) is 14.1. The minimum absolute atomic E-state index is 0.0138. The monoisotopic (exact) mass is 640 g/mol. The van der Waals surface area contributed by atoms with Crippen LogP contribution in [-0.2, 0) is 14.2 Å².